The van der Waals surface area contributed by atoms with E-state index in [2.05, 4.69) is 15.2 Å². The van der Waals surface area contributed by atoms with Crippen molar-refractivity contribution in [2.45, 2.75) is 32.0 Å². The maximum Gasteiger partial charge on any atom is 0.418 e. The topological polar surface area (TPSA) is 66.8 Å². The molecule has 1 amide bonds. The van der Waals surface area contributed by atoms with Crippen LogP contribution in [0.25, 0.3) is 44.5 Å². The first kappa shape index (κ1) is 23.9. The van der Waals surface area contributed by atoms with Crippen molar-refractivity contribution in [2.75, 3.05) is 13.1 Å². The van der Waals surface area contributed by atoms with Gasteiger partial charge in [0.15, 0.2) is 0 Å². The molecule has 1 atom stereocenters. The zero-order chi connectivity index (χ0) is 26.7. The predicted octanol–water partition coefficient (Wildman–Crippen LogP) is 6.52. The molecule has 1 aliphatic carbocycles. The van der Waals surface area contributed by atoms with E-state index in [1.165, 1.54) is 6.07 Å². The molecular formula is C30H26F3N5O. The zero-order valence-corrected chi connectivity index (χ0v) is 21.1. The van der Waals surface area contributed by atoms with Gasteiger partial charge in [-0.2, -0.15) is 18.3 Å². The Morgan fingerprint density at radius 1 is 0.974 bits per heavy atom. The summed E-state index contributed by atoms with van der Waals surface area (Å²) in [6, 6.07) is 18.0. The molecule has 1 saturated carbocycles. The van der Waals surface area contributed by atoms with Crippen LogP contribution in [0, 0.1) is 11.8 Å². The molecule has 0 radical (unpaired) electrons. The highest BCUT2D eigenvalue weighted by molar-refractivity contribution is 5.86. The van der Waals surface area contributed by atoms with Gasteiger partial charge >= 0.3 is 6.18 Å². The molecule has 2 aliphatic rings. The van der Waals surface area contributed by atoms with Crippen LogP contribution < -0.4 is 0 Å². The molecule has 0 spiro atoms. The van der Waals surface area contributed by atoms with Gasteiger partial charge < -0.3 is 9.47 Å². The van der Waals surface area contributed by atoms with Crippen molar-refractivity contribution < 1.29 is 18.0 Å². The average molecular weight is 530 g/mol. The number of alkyl halides is 3. The van der Waals surface area contributed by atoms with Crippen molar-refractivity contribution in [1.82, 2.24) is 24.6 Å². The zero-order valence-electron chi connectivity index (χ0n) is 21.1. The first-order valence-electron chi connectivity index (χ1n) is 13.2. The van der Waals surface area contributed by atoms with Crippen molar-refractivity contribution >= 4 is 27.8 Å². The van der Waals surface area contributed by atoms with Crippen molar-refractivity contribution in [2.24, 2.45) is 11.8 Å². The van der Waals surface area contributed by atoms with E-state index in [9.17, 15) is 18.0 Å². The second-order valence-corrected chi connectivity index (χ2v) is 10.7. The maximum atomic E-state index is 13.9. The number of imidazole rings is 1. The maximum absolute atomic E-state index is 13.9. The summed E-state index contributed by atoms with van der Waals surface area (Å²) in [7, 11) is 0. The van der Waals surface area contributed by atoms with Crippen molar-refractivity contribution in [3.63, 3.8) is 0 Å². The Labute approximate surface area is 222 Å². The normalized spacial score (nSPS) is 17.9. The number of H-pyrrole nitrogens is 1. The molecule has 2 aromatic heterocycles. The molecule has 1 N–H and O–H groups in total. The first-order valence-corrected chi connectivity index (χ1v) is 13.2. The summed E-state index contributed by atoms with van der Waals surface area (Å²) in [5.41, 5.74) is 3.40. The molecule has 2 fully saturated rings. The SMILES string of the molecule is O=C(C1CC1)N1CC[C@@H](Cn2c(-c3ccc(-c4ccc5[nH]ncc5c4)cc3)nc3c(C(F)(F)F)cccc32)C1. The number of hydrogen-bond acceptors (Lipinski definition) is 3. The number of halogens is 3. The minimum atomic E-state index is -4.51. The third-order valence-corrected chi connectivity index (χ3v) is 7.97. The van der Waals surface area contributed by atoms with Crippen LogP contribution in [-0.4, -0.2) is 43.6 Å². The molecule has 0 bridgehead atoms. The van der Waals surface area contributed by atoms with Crippen molar-refractivity contribution in [1.29, 1.82) is 0 Å². The quantitative estimate of drug-likeness (QED) is 0.282. The molecule has 198 valence electrons. The number of fused-ring (bicyclic) bond motifs is 2. The number of nitrogens with one attached hydrogen (secondary N) is 1. The Hall–Kier alpha value is -4.14. The van der Waals surface area contributed by atoms with Gasteiger partial charge in [0.25, 0.3) is 0 Å². The highest BCUT2D eigenvalue weighted by atomic mass is 19.4. The summed E-state index contributed by atoms with van der Waals surface area (Å²) in [5.74, 6) is 1.04. The highest BCUT2D eigenvalue weighted by Crippen LogP contribution is 2.38. The standard InChI is InChI=1S/C30H26F3N5O/c31-30(32,33)24-2-1-3-26-27(24)35-28(38(26)17-18-12-13-37(16-18)29(39)21-8-9-21)20-6-4-19(5-7-20)22-10-11-25-23(14-22)15-34-36-25/h1-7,10-11,14-15,18,21H,8-9,12-13,16-17H2,(H,34,36)/t18-/m1/s1. The number of aromatic nitrogens is 4. The summed E-state index contributed by atoms with van der Waals surface area (Å²) in [5, 5.41) is 8.03. The fourth-order valence-electron chi connectivity index (χ4n) is 5.74. The van der Waals surface area contributed by atoms with E-state index in [-0.39, 0.29) is 23.3 Å². The molecule has 6 nitrogen and oxygen atoms in total. The Balaban J connectivity index is 1.26. The van der Waals surface area contributed by atoms with Gasteiger partial charge in [-0.05, 0) is 60.6 Å². The number of para-hydroxylation sites is 1. The number of benzene rings is 3. The number of hydrogen-bond donors (Lipinski definition) is 1. The average Bonchev–Trinajstić information content (AvgIpc) is 3.32. The number of likely N-dealkylation sites (tertiary alicyclic amines) is 1. The Morgan fingerprint density at radius 2 is 1.74 bits per heavy atom. The number of carbonyl (C=O) groups is 1. The van der Waals surface area contributed by atoms with Crippen LogP contribution in [0.15, 0.2) is 66.9 Å². The van der Waals surface area contributed by atoms with Crippen LogP contribution in [0.1, 0.15) is 24.8 Å². The fourth-order valence-corrected chi connectivity index (χ4v) is 5.74. The van der Waals surface area contributed by atoms with Crippen molar-refractivity contribution in [3.05, 3.63) is 72.4 Å². The molecule has 1 saturated heterocycles. The van der Waals surface area contributed by atoms with Crippen LogP contribution in [0.2, 0.25) is 0 Å². The second kappa shape index (κ2) is 8.97. The van der Waals surface area contributed by atoms with Gasteiger partial charge in [-0.25, -0.2) is 4.98 Å². The lowest BCUT2D eigenvalue weighted by Crippen LogP contribution is -2.30. The third-order valence-electron chi connectivity index (χ3n) is 7.97. The molecule has 9 heteroatoms. The molecule has 1 aliphatic heterocycles. The van der Waals surface area contributed by atoms with Crippen LogP contribution in [-0.2, 0) is 17.5 Å². The number of nitrogens with zero attached hydrogens (tertiary/aromatic N) is 4. The van der Waals surface area contributed by atoms with Crippen LogP contribution in [0.3, 0.4) is 0 Å². The number of aromatic amines is 1. The van der Waals surface area contributed by atoms with Gasteiger partial charge in [-0.3, -0.25) is 9.89 Å². The first-order chi connectivity index (χ1) is 18.8. The van der Waals surface area contributed by atoms with Gasteiger partial charge in [0.05, 0.1) is 22.8 Å². The van der Waals surface area contributed by atoms with Crippen LogP contribution in [0.4, 0.5) is 13.2 Å². The molecule has 7 rings (SSSR count). The summed E-state index contributed by atoms with van der Waals surface area (Å²) < 4.78 is 43.7. The van der Waals surface area contributed by atoms with E-state index in [1.807, 2.05) is 51.9 Å². The largest absolute Gasteiger partial charge is 0.418 e. The summed E-state index contributed by atoms with van der Waals surface area (Å²) in [6.45, 7) is 1.83. The van der Waals surface area contributed by atoms with E-state index in [0.717, 1.165) is 52.9 Å². The fraction of sp³-hybridized carbons (Fsp3) is 0.300. The molecular weight excluding hydrogens is 503 g/mol. The molecule has 5 aromatic rings. The summed E-state index contributed by atoms with van der Waals surface area (Å²) >= 11 is 0. The Bertz CT molecular complexity index is 1700. The van der Waals surface area contributed by atoms with Crippen molar-refractivity contribution in [3.8, 4) is 22.5 Å². The van der Waals surface area contributed by atoms with E-state index < -0.39 is 11.7 Å². The van der Waals surface area contributed by atoms with E-state index in [4.69, 9.17) is 0 Å². The van der Waals surface area contributed by atoms with E-state index in [1.54, 1.807) is 12.3 Å². The molecule has 3 heterocycles. The summed E-state index contributed by atoms with van der Waals surface area (Å²) in [6.07, 6.45) is 0.0133. The monoisotopic (exact) mass is 529 g/mol. The van der Waals surface area contributed by atoms with Gasteiger partial charge in [-0.15, -0.1) is 0 Å². The number of amides is 1. The number of rotatable bonds is 5. The van der Waals surface area contributed by atoms with E-state index in [0.29, 0.717) is 31.0 Å². The van der Waals surface area contributed by atoms with Gasteiger partial charge in [-0.1, -0.05) is 36.4 Å². The number of carbonyl (C=O) groups excluding carboxylic acids is 1. The predicted molar refractivity (Wildman–Crippen MR) is 143 cm³/mol. The minimum Gasteiger partial charge on any atom is -0.342 e. The van der Waals surface area contributed by atoms with Gasteiger partial charge in [0, 0.05) is 36.5 Å². The van der Waals surface area contributed by atoms with Gasteiger partial charge in [0.2, 0.25) is 5.91 Å². The molecule has 3 aromatic carbocycles. The van der Waals surface area contributed by atoms with Gasteiger partial charge in [0.1, 0.15) is 11.3 Å². The lowest BCUT2D eigenvalue weighted by atomic mass is 10.0. The second-order valence-electron chi connectivity index (χ2n) is 10.7. The lowest BCUT2D eigenvalue weighted by molar-refractivity contribution is -0.136. The minimum absolute atomic E-state index is 0.0432. The molecule has 0 unspecified atom stereocenters. The Kier molecular flexibility index (Phi) is 5.50. The summed E-state index contributed by atoms with van der Waals surface area (Å²) in [4.78, 5) is 19.1. The lowest BCUT2D eigenvalue weighted by Gasteiger charge is -2.18. The third kappa shape index (κ3) is 4.35. The smallest absolute Gasteiger partial charge is 0.342 e. The van der Waals surface area contributed by atoms with Crippen LogP contribution >= 0.6 is 0 Å². The Morgan fingerprint density at radius 3 is 2.51 bits per heavy atom. The highest BCUT2D eigenvalue weighted by Gasteiger charge is 2.38. The van der Waals surface area contributed by atoms with Crippen LogP contribution in [0.5, 0.6) is 0 Å². The molecule has 39 heavy (non-hydrogen) atoms. The van der Waals surface area contributed by atoms with E-state index >= 15 is 0 Å².